The zero-order valence-electron chi connectivity index (χ0n) is 10.5. The number of hydrogen-bond acceptors (Lipinski definition) is 3. The van der Waals surface area contributed by atoms with Gasteiger partial charge in [-0.1, -0.05) is 6.07 Å². The molecule has 17 heavy (non-hydrogen) atoms. The maximum atomic E-state index is 5.99. The minimum absolute atomic E-state index is 0.0751. The van der Waals surface area contributed by atoms with Crippen LogP contribution in [-0.4, -0.2) is 34.7 Å². The predicted octanol–water partition coefficient (Wildman–Crippen LogP) is 1.93. The van der Waals surface area contributed by atoms with Crippen LogP contribution in [0.4, 0.5) is 0 Å². The normalized spacial score (nSPS) is 17.7. The Bertz CT molecular complexity index is 453. The van der Waals surface area contributed by atoms with Crippen molar-refractivity contribution >= 4 is 13.5 Å². The molecule has 0 bridgehead atoms. The molecule has 0 unspecified atom stereocenters. The van der Waals surface area contributed by atoms with Crippen molar-refractivity contribution in [3.8, 4) is 11.5 Å². The zero-order valence-corrected chi connectivity index (χ0v) is 10.5. The first-order chi connectivity index (χ1) is 8.17. The van der Waals surface area contributed by atoms with Gasteiger partial charge in [-0.05, 0) is 36.1 Å². The maximum absolute atomic E-state index is 5.99. The molecule has 0 spiro atoms. The molecule has 0 saturated heterocycles. The maximum Gasteiger partial charge on any atom is 0.161 e. The van der Waals surface area contributed by atoms with E-state index in [2.05, 4.69) is 4.99 Å². The molecule has 0 N–H and O–H groups in total. The van der Waals surface area contributed by atoms with Gasteiger partial charge in [0.1, 0.15) is 7.85 Å². The molecule has 0 amide bonds. The van der Waals surface area contributed by atoms with Crippen LogP contribution in [-0.2, 0) is 5.41 Å². The fourth-order valence-corrected chi connectivity index (χ4v) is 2.17. The van der Waals surface area contributed by atoms with Crippen LogP contribution < -0.4 is 9.47 Å². The van der Waals surface area contributed by atoms with Crippen molar-refractivity contribution in [2.24, 2.45) is 4.99 Å². The predicted molar refractivity (Wildman–Crippen MR) is 69.6 cm³/mol. The summed E-state index contributed by atoms with van der Waals surface area (Å²) < 4.78 is 10.5. The van der Waals surface area contributed by atoms with Crippen LogP contribution in [0.15, 0.2) is 23.2 Å². The van der Waals surface area contributed by atoms with Crippen molar-refractivity contribution in [1.82, 2.24) is 0 Å². The molecule has 1 aromatic carbocycles. The summed E-state index contributed by atoms with van der Waals surface area (Å²) in [6.45, 7) is 0. The molecule has 2 radical (unpaired) electrons. The molecule has 0 aliphatic heterocycles. The molecule has 0 aromatic heterocycles. The van der Waals surface area contributed by atoms with Gasteiger partial charge < -0.3 is 14.5 Å². The minimum atomic E-state index is -0.0751. The summed E-state index contributed by atoms with van der Waals surface area (Å²) in [6, 6.07) is 5.94. The lowest BCUT2D eigenvalue weighted by molar-refractivity contribution is 0.354. The first-order valence-electron chi connectivity index (χ1n) is 5.63. The molecule has 1 fully saturated rings. The summed E-state index contributed by atoms with van der Waals surface area (Å²) in [5.74, 6) is 1.47. The second-order valence-corrected chi connectivity index (χ2v) is 4.26. The van der Waals surface area contributed by atoms with Gasteiger partial charge in [0.15, 0.2) is 11.5 Å². The van der Waals surface area contributed by atoms with Crippen LogP contribution in [0.25, 0.3) is 0 Å². The highest BCUT2D eigenvalue weighted by molar-refractivity contribution is 6.62. The summed E-state index contributed by atoms with van der Waals surface area (Å²) in [6.07, 6.45) is 2.09. The van der Waals surface area contributed by atoms with Gasteiger partial charge in [-0.25, -0.2) is 0 Å². The SMILES string of the molecule is [B]C(=NC)C1(c2ccc(OC)c(OC)c2)CC1. The van der Waals surface area contributed by atoms with Gasteiger partial charge in [-0.2, -0.15) is 0 Å². The number of ether oxygens (including phenoxy) is 2. The van der Waals surface area contributed by atoms with E-state index < -0.39 is 0 Å². The second-order valence-electron chi connectivity index (χ2n) is 4.26. The molecule has 2 rings (SSSR count). The Hall–Kier alpha value is -1.45. The van der Waals surface area contributed by atoms with E-state index in [9.17, 15) is 0 Å². The van der Waals surface area contributed by atoms with Gasteiger partial charge in [0.2, 0.25) is 0 Å². The quantitative estimate of drug-likeness (QED) is 0.583. The van der Waals surface area contributed by atoms with Crippen LogP contribution in [0, 0.1) is 0 Å². The zero-order chi connectivity index (χ0) is 12.5. The highest BCUT2D eigenvalue weighted by Gasteiger charge is 2.46. The Morgan fingerprint density at radius 1 is 1.24 bits per heavy atom. The molecule has 88 valence electrons. The van der Waals surface area contributed by atoms with Crippen molar-refractivity contribution in [3.63, 3.8) is 0 Å². The van der Waals surface area contributed by atoms with Crippen molar-refractivity contribution in [2.75, 3.05) is 21.3 Å². The van der Waals surface area contributed by atoms with Gasteiger partial charge in [-0.3, -0.25) is 0 Å². The first-order valence-corrected chi connectivity index (χ1v) is 5.63. The van der Waals surface area contributed by atoms with E-state index in [1.165, 1.54) is 0 Å². The Morgan fingerprint density at radius 3 is 2.35 bits per heavy atom. The third-order valence-electron chi connectivity index (χ3n) is 3.42. The monoisotopic (exact) mass is 229 g/mol. The number of aliphatic imine (C=N–C) groups is 1. The van der Waals surface area contributed by atoms with Crippen molar-refractivity contribution in [1.29, 1.82) is 0 Å². The van der Waals surface area contributed by atoms with Crippen molar-refractivity contribution < 1.29 is 9.47 Å². The van der Waals surface area contributed by atoms with Crippen LogP contribution >= 0.6 is 0 Å². The fraction of sp³-hybridized carbons (Fsp3) is 0.462. The Kier molecular flexibility index (Phi) is 3.14. The van der Waals surface area contributed by atoms with E-state index in [4.69, 9.17) is 17.3 Å². The number of benzene rings is 1. The van der Waals surface area contributed by atoms with E-state index in [-0.39, 0.29) is 5.41 Å². The fourth-order valence-electron chi connectivity index (χ4n) is 2.17. The minimum Gasteiger partial charge on any atom is -0.493 e. The molecule has 3 nitrogen and oxygen atoms in total. The largest absolute Gasteiger partial charge is 0.493 e. The molecule has 4 heteroatoms. The highest BCUT2D eigenvalue weighted by Crippen LogP contribution is 2.50. The first kappa shape index (κ1) is 12.0. The lowest BCUT2D eigenvalue weighted by atomic mass is 9.80. The third kappa shape index (κ3) is 1.92. The van der Waals surface area contributed by atoms with Crippen LogP contribution in [0.1, 0.15) is 18.4 Å². The molecule has 0 heterocycles. The van der Waals surface area contributed by atoms with Gasteiger partial charge in [0.25, 0.3) is 0 Å². The molecule has 1 aliphatic rings. The van der Waals surface area contributed by atoms with Gasteiger partial charge in [0.05, 0.1) is 14.2 Å². The standard InChI is InChI=1S/C13H16BNO2/c1-15-12(14)13(6-7-13)9-4-5-10(16-2)11(8-9)17-3/h4-5,8H,6-7H2,1-3H3. The highest BCUT2D eigenvalue weighted by atomic mass is 16.5. The van der Waals surface area contributed by atoms with Gasteiger partial charge in [-0.15, -0.1) is 0 Å². The third-order valence-corrected chi connectivity index (χ3v) is 3.42. The van der Waals surface area contributed by atoms with Crippen molar-refractivity contribution in [3.05, 3.63) is 23.8 Å². The molecule has 1 aliphatic carbocycles. The summed E-state index contributed by atoms with van der Waals surface area (Å²) in [5.41, 5.74) is 1.77. The van der Waals surface area contributed by atoms with E-state index in [0.717, 1.165) is 29.9 Å². The Balaban J connectivity index is 2.41. The molecule has 0 atom stereocenters. The summed E-state index contributed by atoms with van der Waals surface area (Å²) in [7, 11) is 11.0. The molecular formula is C13H16BNO2. The summed E-state index contributed by atoms with van der Waals surface area (Å²) in [4.78, 5) is 4.12. The van der Waals surface area contributed by atoms with E-state index >= 15 is 0 Å². The number of nitrogens with zero attached hydrogens (tertiary/aromatic N) is 1. The average Bonchev–Trinajstić information content (AvgIpc) is 3.18. The molecule has 1 saturated carbocycles. The Morgan fingerprint density at radius 2 is 1.88 bits per heavy atom. The number of methoxy groups -OCH3 is 2. The van der Waals surface area contributed by atoms with E-state index in [1.54, 1.807) is 21.3 Å². The van der Waals surface area contributed by atoms with Crippen LogP contribution in [0.5, 0.6) is 11.5 Å². The number of rotatable bonds is 4. The summed E-state index contributed by atoms with van der Waals surface area (Å²) >= 11 is 0. The second kappa shape index (κ2) is 4.44. The lowest BCUT2D eigenvalue weighted by Gasteiger charge is -2.18. The van der Waals surface area contributed by atoms with Gasteiger partial charge >= 0.3 is 0 Å². The van der Waals surface area contributed by atoms with Crippen LogP contribution in [0.3, 0.4) is 0 Å². The summed E-state index contributed by atoms with van der Waals surface area (Å²) in [5, 5.41) is 0. The molecule has 1 aromatic rings. The average molecular weight is 229 g/mol. The van der Waals surface area contributed by atoms with E-state index in [0.29, 0.717) is 5.61 Å². The van der Waals surface area contributed by atoms with Crippen molar-refractivity contribution in [2.45, 2.75) is 18.3 Å². The number of hydrogen-bond donors (Lipinski definition) is 0. The molecular weight excluding hydrogens is 213 g/mol. The topological polar surface area (TPSA) is 30.8 Å². The Labute approximate surface area is 103 Å². The van der Waals surface area contributed by atoms with Gasteiger partial charge in [0, 0.05) is 12.5 Å². The smallest absolute Gasteiger partial charge is 0.161 e. The van der Waals surface area contributed by atoms with E-state index in [1.807, 2.05) is 18.2 Å². The van der Waals surface area contributed by atoms with Crippen LogP contribution in [0.2, 0.25) is 0 Å². The lowest BCUT2D eigenvalue weighted by Crippen LogP contribution is -2.20.